The first-order valence-electron chi connectivity index (χ1n) is 7.49. The maximum absolute atomic E-state index is 12.4. The quantitative estimate of drug-likeness (QED) is 0.742. The number of aromatic nitrogens is 3. The molecule has 7 nitrogen and oxygen atoms in total. The lowest BCUT2D eigenvalue weighted by Gasteiger charge is -2.04. The zero-order valence-electron chi connectivity index (χ0n) is 13.6. The number of ether oxygens (including phenoxy) is 2. The number of rotatable bonds is 4. The molecule has 0 saturated carbocycles. The van der Waals surface area contributed by atoms with Gasteiger partial charge in [-0.05, 0) is 38.1 Å². The number of esters is 1. The number of fused-ring (bicyclic) bond motifs is 1. The van der Waals surface area contributed by atoms with E-state index >= 15 is 0 Å². The van der Waals surface area contributed by atoms with Gasteiger partial charge in [0.1, 0.15) is 11.3 Å². The molecular formula is C17H17N3O4. The van der Waals surface area contributed by atoms with Crippen molar-refractivity contribution in [2.75, 3.05) is 13.7 Å². The third-order valence-corrected chi connectivity index (χ3v) is 3.66. The Morgan fingerprint density at radius 3 is 2.62 bits per heavy atom. The van der Waals surface area contributed by atoms with Crippen LogP contribution in [0.25, 0.3) is 16.9 Å². The van der Waals surface area contributed by atoms with E-state index in [1.165, 1.54) is 10.6 Å². The van der Waals surface area contributed by atoms with E-state index in [2.05, 4.69) is 10.1 Å². The molecule has 0 fully saturated rings. The molecule has 0 amide bonds. The standard InChI is InChI=1S/C17H17N3O4/c1-4-24-17(22)15-10(2)19-20-14(21)9-13(18-16(15)20)11-5-7-12(23-3)8-6-11/h5-9,19H,4H2,1-3H3. The number of H-pyrrole nitrogens is 1. The van der Waals surface area contributed by atoms with Gasteiger partial charge in [0.25, 0.3) is 5.56 Å². The van der Waals surface area contributed by atoms with Gasteiger partial charge < -0.3 is 9.47 Å². The number of hydrogen-bond donors (Lipinski definition) is 1. The molecule has 0 aliphatic rings. The molecule has 3 rings (SSSR count). The molecule has 0 unspecified atom stereocenters. The normalized spacial score (nSPS) is 10.8. The average molecular weight is 327 g/mol. The number of hydrogen-bond acceptors (Lipinski definition) is 5. The van der Waals surface area contributed by atoms with Crippen LogP contribution in [0.3, 0.4) is 0 Å². The first-order valence-corrected chi connectivity index (χ1v) is 7.49. The number of carbonyl (C=O) groups excluding carboxylic acids is 1. The van der Waals surface area contributed by atoms with Crippen LogP contribution in [-0.2, 0) is 4.74 Å². The van der Waals surface area contributed by atoms with E-state index in [0.717, 1.165) is 5.56 Å². The average Bonchev–Trinajstić information content (AvgIpc) is 2.92. The predicted molar refractivity (Wildman–Crippen MR) is 88.5 cm³/mol. The van der Waals surface area contributed by atoms with Crippen LogP contribution >= 0.6 is 0 Å². The van der Waals surface area contributed by atoms with Crippen molar-refractivity contribution in [1.82, 2.24) is 14.6 Å². The Morgan fingerprint density at radius 2 is 2.00 bits per heavy atom. The molecule has 24 heavy (non-hydrogen) atoms. The van der Waals surface area contributed by atoms with Crippen molar-refractivity contribution in [3.8, 4) is 17.0 Å². The molecule has 0 aliphatic heterocycles. The van der Waals surface area contributed by atoms with Crippen LogP contribution < -0.4 is 10.3 Å². The molecule has 0 saturated heterocycles. The molecule has 2 heterocycles. The van der Waals surface area contributed by atoms with Gasteiger partial charge in [-0.2, -0.15) is 0 Å². The third-order valence-electron chi connectivity index (χ3n) is 3.66. The van der Waals surface area contributed by atoms with Crippen molar-refractivity contribution in [3.05, 3.63) is 51.9 Å². The minimum Gasteiger partial charge on any atom is -0.497 e. The van der Waals surface area contributed by atoms with Gasteiger partial charge in [0.15, 0.2) is 5.65 Å². The molecule has 1 aromatic carbocycles. The summed E-state index contributed by atoms with van der Waals surface area (Å²) in [5.74, 6) is 0.203. The van der Waals surface area contributed by atoms with E-state index in [-0.39, 0.29) is 23.4 Å². The number of nitrogens with one attached hydrogen (secondary N) is 1. The highest BCUT2D eigenvalue weighted by molar-refractivity contribution is 5.97. The summed E-state index contributed by atoms with van der Waals surface area (Å²) in [5, 5.41) is 2.85. The number of aryl methyl sites for hydroxylation is 1. The highest BCUT2D eigenvalue weighted by atomic mass is 16.5. The minimum absolute atomic E-state index is 0.248. The highest BCUT2D eigenvalue weighted by Gasteiger charge is 2.20. The van der Waals surface area contributed by atoms with Gasteiger partial charge in [0, 0.05) is 17.3 Å². The Bertz CT molecular complexity index is 954. The van der Waals surface area contributed by atoms with Crippen LogP contribution in [-0.4, -0.2) is 34.3 Å². The van der Waals surface area contributed by atoms with Crippen LogP contribution in [0.1, 0.15) is 23.0 Å². The second kappa shape index (κ2) is 6.19. The Hall–Kier alpha value is -3.09. The molecule has 3 aromatic rings. The van der Waals surface area contributed by atoms with Gasteiger partial charge in [0.05, 0.1) is 19.4 Å². The van der Waals surface area contributed by atoms with E-state index in [0.29, 0.717) is 17.1 Å². The molecule has 0 aliphatic carbocycles. The van der Waals surface area contributed by atoms with Gasteiger partial charge in [-0.3, -0.25) is 9.89 Å². The van der Waals surface area contributed by atoms with Gasteiger partial charge in [-0.25, -0.2) is 14.3 Å². The second-order valence-corrected chi connectivity index (χ2v) is 5.20. The Balaban J connectivity index is 2.19. The van der Waals surface area contributed by atoms with E-state index in [1.54, 1.807) is 45.2 Å². The van der Waals surface area contributed by atoms with Crippen molar-refractivity contribution in [3.63, 3.8) is 0 Å². The lowest BCUT2D eigenvalue weighted by molar-refractivity contribution is 0.0527. The summed E-state index contributed by atoms with van der Waals surface area (Å²) in [4.78, 5) is 29.0. The number of carbonyl (C=O) groups is 1. The zero-order valence-corrected chi connectivity index (χ0v) is 13.6. The molecule has 1 N–H and O–H groups in total. The fourth-order valence-corrected chi connectivity index (χ4v) is 2.51. The van der Waals surface area contributed by atoms with Crippen molar-refractivity contribution in [2.24, 2.45) is 0 Å². The molecular weight excluding hydrogens is 310 g/mol. The SMILES string of the molecule is CCOC(=O)c1c(C)[nH]n2c(=O)cc(-c3ccc(OC)cc3)nc12. The smallest absolute Gasteiger partial charge is 0.343 e. The summed E-state index contributed by atoms with van der Waals surface area (Å²) in [5.41, 5.74) is 1.99. The molecule has 0 spiro atoms. The van der Waals surface area contributed by atoms with Gasteiger partial charge >= 0.3 is 5.97 Å². The van der Waals surface area contributed by atoms with Crippen LogP contribution in [0.2, 0.25) is 0 Å². The van der Waals surface area contributed by atoms with E-state index in [9.17, 15) is 9.59 Å². The largest absolute Gasteiger partial charge is 0.497 e. The molecule has 124 valence electrons. The summed E-state index contributed by atoms with van der Waals surface area (Å²) in [6.07, 6.45) is 0. The third kappa shape index (κ3) is 2.64. The Kier molecular flexibility index (Phi) is 4.07. The maximum Gasteiger partial charge on any atom is 0.343 e. The molecule has 0 bridgehead atoms. The molecule has 0 atom stereocenters. The first-order chi connectivity index (χ1) is 11.5. The zero-order chi connectivity index (χ0) is 17.3. The lowest BCUT2D eigenvalue weighted by Crippen LogP contribution is -2.15. The fourth-order valence-electron chi connectivity index (χ4n) is 2.51. The fraction of sp³-hybridized carbons (Fsp3) is 0.235. The topological polar surface area (TPSA) is 85.7 Å². The van der Waals surface area contributed by atoms with E-state index in [1.807, 2.05) is 0 Å². The van der Waals surface area contributed by atoms with Crippen LogP contribution in [0, 0.1) is 6.92 Å². The second-order valence-electron chi connectivity index (χ2n) is 5.20. The van der Waals surface area contributed by atoms with E-state index in [4.69, 9.17) is 9.47 Å². The van der Waals surface area contributed by atoms with Crippen LogP contribution in [0.4, 0.5) is 0 Å². The van der Waals surface area contributed by atoms with Crippen molar-refractivity contribution in [1.29, 1.82) is 0 Å². The molecule has 7 heteroatoms. The summed E-state index contributed by atoms with van der Waals surface area (Å²) in [6, 6.07) is 8.60. The summed E-state index contributed by atoms with van der Waals surface area (Å²) in [7, 11) is 1.58. The van der Waals surface area contributed by atoms with Crippen molar-refractivity contribution in [2.45, 2.75) is 13.8 Å². The number of aromatic amines is 1. The lowest BCUT2D eigenvalue weighted by atomic mass is 10.1. The van der Waals surface area contributed by atoms with Crippen LogP contribution in [0.5, 0.6) is 5.75 Å². The van der Waals surface area contributed by atoms with Gasteiger partial charge in [0.2, 0.25) is 0 Å². The summed E-state index contributed by atoms with van der Waals surface area (Å²) < 4.78 is 11.4. The predicted octanol–water partition coefficient (Wildman–Crippen LogP) is 2.18. The van der Waals surface area contributed by atoms with Crippen LogP contribution in [0.15, 0.2) is 35.1 Å². The molecule has 0 radical (unpaired) electrons. The Morgan fingerprint density at radius 1 is 1.29 bits per heavy atom. The number of benzene rings is 1. The van der Waals surface area contributed by atoms with Crippen molar-refractivity contribution < 1.29 is 14.3 Å². The van der Waals surface area contributed by atoms with Gasteiger partial charge in [-0.15, -0.1) is 0 Å². The number of methoxy groups -OCH3 is 1. The highest BCUT2D eigenvalue weighted by Crippen LogP contribution is 2.22. The Labute approximate surface area is 137 Å². The maximum atomic E-state index is 12.4. The van der Waals surface area contributed by atoms with Crippen molar-refractivity contribution >= 4 is 11.6 Å². The molecule has 2 aromatic heterocycles. The monoisotopic (exact) mass is 327 g/mol. The first kappa shape index (κ1) is 15.8. The number of nitrogens with zero attached hydrogens (tertiary/aromatic N) is 2. The minimum atomic E-state index is -0.507. The summed E-state index contributed by atoms with van der Waals surface area (Å²) in [6.45, 7) is 3.68. The van der Waals surface area contributed by atoms with E-state index < -0.39 is 5.97 Å². The van der Waals surface area contributed by atoms with Gasteiger partial charge in [-0.1, -0.05) is 0 Å². The summed E-state index contributed by atoms with van der Waals surface area (Å²) >= 11 is 0.